The maximum Gasteiger partial charge on any atom is 0.335 e. The van der Waals surface area contributed by atoms with Gasteiger partial charge in [-0.2, -0.15) is 0 Å². The molecule has 0 spiro atoms. The van der Waals surface area contributed by atoms with Crippen molar-refractivity contribution in [1.82, 2.24) is 5.32 Å². The summed E-state index contributed by atoms with van der Waals surface area (Å²) in [6, 6.07) is 24.0. The summed E-state index contributed by atoms with van der Waals surface area (Å²) in [5.41, 5.74) is 1.49. The molecule has 4 aromatic rings. The quantitative estimate of drug-likeness (QED) is 0.156. The number of aromatic carboxylic acids is 1. The van der Waals surface area contributed by atoms with Crippen LogP contribution < -0.4 is 29.7 Å². The number of ether oxygens (including phenoxy) is 3. The number of carboxylic acids is 1. The van der Waals surface area contributed by atoms with E-state index in [1.54, 1.807) is 66.7 Å². The average molecular weight is 666 g/mol. The lowest BCUT2D eigenvalue weighted by atomic mass is 10.1. The van der Waals surface area contributed by atoms with Crippen molar-refractivity contribution < 1.29 is 43.3 Å². The van der Waals surface area contributed by atoms with E-state index in [0.29, 0.717) is 39.0 Å². The van der Waals surface area contributed by atoms with Crippen LogP contribution in [-0.4, -0.2) is 53.9 Å². The van der Waals surface area contributed by atoms with Crippen molar-refractivity contribution >= 4 is 58.8 Å². The Hall–Kier alpha value is -6.08. The summed E-state index contributed by atoms with van der Waals surface area (Å²) in [4.78, 5) is 65.6. The van der Waals surface area contributed by atoms with Gasteiger partial charge in [0.05, 0.1) is 23.6 Å². The summed E-state index contributed by atoms with van der Waals surface area (Å²) >= 11 is 1.16. The van der Waals surface area contributed by atoms with Crippen LogP contribution in [0, 0.1) is 0 Å². The normalized spacial score (nSPS) is 15.3. The number of imide groups is 1. The van der Waals surface area contributed by atoms with E-state index in [1.807, 2.05) is 0 Å². The van der Waals surface area contributed by atoms with Gasteiger partial charge < -0.3 is 30.0 Å². The molecule has 0 aromatic heterocycles. The minimum Gasteiger partial charge on any atom is -0.493 e. The molecular weight excluding hydrogens is 638 g/mol. The number of fused-ring (bicyclic) bond motifs is 1. The third kappa shape index (κ3) is 6.86. The highest BCUT2D eigenvalue weighted by atomic mass is 32.2. The molecule has 13 heteroatoms. The Morgan fingerprint density at radius 3 is 2.44 bits per heavy atom. The maximum absolute atomic E-state index is 13.7. The first kappa shape index (κ1) is 31.9. The lowest BCUT2D eigenvalue weighted by Crippen LogP contribution is -2.31. The molecule has 2 aliphatic rings. The number of thioether (sulfide) groups is 1. The first-order chi connectivity index (χ1) is 23.2. The molecule has 3 N–H and O–H groups in total. The summed E-state index contributed by atoms with van der Waals surface area (Å²) in [6.07, 6.45) is 1.43. The topological polar surface area (TPSA) is 161 Å². The Morgan fingerprint density at radius 2 is 1.71 bits per heavy atom. The predicted molar refractivity (Wildman–Crippen MR) is 176 cm³/mol. The van der Waals surface area contributed by atoms with Gasteiger partial charge >= 0.3 is 5.97 Å². The summed E-state index contributed by atoms with van der Waals surface area (Å²) in [5, 5.41) is 13.9. The monoisotopic (exact) mass is 665 g/mol. The predicted octanol–water partition coefficient (Wildman–Crippen LogP) is 4.96. The highest BCUT2D eigenvalue weighted by molar-refractivity contribution is 8.00. The van der Waals surface area contributed by atoms with Gasteiger partial charge in [-0.3, -0.25) is 19.2 Å². The van der Waals surface area contributed by atoms with E-state index in [1.165, 1.54) is 37.5 Å². The fourth-order valence-corrected chi connectivity index (χ4v) is 6.19. The summed E-state index contributed by atoms with van der Waals surface area (Å²) in [6.45, 7) is 0.0177. The minimum atomic E-state index is -1.12. The van der Waals surface area contributed by atoms with E-state index < -0.39 is 34.8 Å². The second-order valence-electron chi connectivity index (χ2n) is 10.5. The molecule has 0 saturated carbocycles. The molecule has 6 rings (SSSR count). The molecule has 2 aliphatic heterocycles. The number of carbonyl (C=O) groups is 5. The van der Waals surface area contributed by atoms with Crippen molar-refractivity contribution in [2.24, 2.45) is 0 Å². The van der Waals surface area contributed by atoms with E-state index in [9.17, 15) is 24.0 Å². The van der Waals surface area contributed by atoms with Crippen LogP contribution in [0.25, 0.3) is 6.08 Å². The van der Waals surface area contributed by atoms with E-state index >= 15 is 0 Å². The van der Waals surface area contributed by atoms with Gasteiger partial charge in [-0.05, 0) is 78.4 Å². The Bertz CT molecular complexity index is 1960. The summed E-state index contributed by atoms with van der Waals surface area (Å²) in [7, 11) is 1.48. The number of carboxylic acid groups (broad SMARTS) is 1. The fourth-order valence-electron chi connectivity index (χ4n) is 5.07. The number of methoxy groups -OCH3 is 1. The van der Waals surface area contributed by atoms with Crippen molar-refractivity contribution in [3.8, 4) is 17.2 Å². The van der Waals surface area contributed by atoms with Gasteiger partial charge in [0.15, 0.2) is 11.5 Å². The number of rotatable bonds is 10. The molecule has 1 saturated heterocycles. The molecule has 1 fully saturated rings. The van der Waals surface area contributed by atoms with Crippen molar-refractivity contribution in [3.05, 3.63) is 113 Å². The molecule has 0 aliphatic carbocycles. The number of amides is 4. The van der Waals surface area contributed by atoms with Gasteiger partial charge in [-0.15, -0.1) is 11.8 Å². The average Bonchev–Trinajstić information content (AvgIpc) is 3.67. The molecule has 0 radical (unpaired) electrons. The first-order valence-corrected chi connectivity index (χ1v) is 15.4. The SMILES string of the molecule is COc1cc(/C=C(\NC(=O)c2ccccc2)C(=O)Nc2cccc(S[C@H]3CC(=O)N(c4ccc(C(=O)O)cc4)C3=O)c2)cc2c1OCO2. The van der Waals surface area contributed by atoms with Gasteiger partial charge in [0, 0.05) is 22.6 Å². The van der Waals surface area contributed by atoms with Crippen LogP contribution in [-0.2, 0) is 14.4 Å². The summed E-state index contributed by atoms with van der Waals surface area (Å²) < 4.78 is 16.4. The fraction of sp³-hybridized carbons (Fsp3) is 0.114. The minimum absolute atomic E-state index is 0.0177. The number of nitrogens with zero attached hydrogens (tertiary/aromatic N) is 1. The zero-order valence-electron chi connectivity index (χ0n) is 25.3. The standard InChI is InChI=1S/C35H27N3O9S/c1-45-27-15-20(16-28-31(27)47-19-46-28)14-26(37-32(40)21-6-3-2-4-7-21)33(41)36-23-8-5-9-25(17-23)48-29-18-30(39)38(34(29)42)24-12-10-22(11-13-24)35(43)44/h2-17,29H,18-19H2,1H3,(H,36,41)(H,37,40)(H,43,44)/b26-14-/t29-/m0/s1. The Morgan fingerprint density at radius 1 is 0.938 bits per heavy atom. The zero-order valence-corrected chi connectivity index (χ0v) is 26.1. The number of benzene rings is 4. The Balaban J connectivity index is 1.21. The second-order valence-corrected chi connectivity index (χ2v) is 11.8. The highest BCUT2D eigenvalue weighted by Gasteiger charge is 2.40. The van der Waals surface area contributed by atoms with Gasteiger partial charge in [-0.1, -0.05) is 24.3 Å². The number of carbonyl (C=O) groups excluding carboxylic acids is 4. The Labute approximate surface area is 278 Å². The van der Waals surface area contributed by atoms with Crippen molar-refractivity contribution in [1.29, 1.82) is 0 Å². The Kier molecular flexibility index (Phi) is 9.12. The molecule has 0 unspecified atom stereocenters. The largest absolute Gasteiger partial charge is 0.493 e. The van der Waals surface area contributed by atoms with Crippen LogP contribution in [0.5, 0.6) is 17.2 Å². The second kappa shape index (κ2) is 13.7. The smallest absolute Gasteiger partial charge is 0.335 e. The molecule has 4 aromatic carbocycles. The van der Waals surface area contributed by atoms with E-state index in [2.05, 4.69) is 10.6 Å². The van der Waals surface area contributed by atoms with Crippen LogP contribution in [0.2, 0.25) is 0 Å². The van der Waals surface area contributed by atoms with Crippen molar-refractivity contribution in [3.63, 3.8) is 0 Å². The molecule has 242 valence electrons. The highest BCUT2D eigenvalue weighted by Crippen LogP contribution is 2.42. The molecule has 1 atom stereocenters. The molecule has 2 heterocycles. The van der Waals surface area contributed by atoms with Crippen molar-refractivity contribution in [2.75, 3.05) is 24.1 Å². The number of hydrogen-bond acceptors (Lipinski definition) is 9. The molecular formula is C35H27N3O9S. The summed E-state index contributed by atoms with van der Waals surface area (Å²) in [5.74, 6) is -1.83. The third-order valence-electron chi connectivity index (χ3n) is 7.37. The third-order valence-corrected chi connectivity index (χ3v) is 8.55. The van der Waals surface area contributed by atoms with Gasteiger partial charge in [-0.25, -0.2) is 9.69 Å². The van der Waals surface area contributed by atoms with Gasteiger partial charge in [0.2, 0.25) is 24.4 Å². The maximum atomic E-state index is 13.7. The molecule has 0 bridgehead atoms. The molecule has 4 amide bonds. The number of hydrogen-bond donors (Lipinski definition) is 3. The lowest BCUT2D eigenvalue weighted by molar-refractivity contribution is -0.121. The zero-order chi connectivity index (χ0) is 33.8. The van der Waals surface area contributed by atoms with Crippen LogP contribution in [0.15, 0.2) is 102 Å². The van der Waals surface area contributed by atoms with E-state index in [0.717, 1.165) is 16.7 Å². The van der Waals surface area contributed by atoms with E-state index in [4.69, 9.17) is 19.3 Å². The van der Waals surface area contributed by atoms with Crippen LogP contribution >= 0.6 is 11.8 Å². The van der Waals surface area contributed by atoms with Crippen LogP contribution in [0.1, 0.15) is 32.7 Å². The first-order valence-electron chi connectivity index (χ1n) is 14.5. The number of nitrogens with one attached hydrogen (secondary N) is 2. The van der Waals surface area contributed by atoms with Gasteiger partial charge in [0.1, 0.15) is 5.70 Å². The van der Waals surface area contributed by atoms with Crippen molar-refractivity contribution in [2.45, 2.75) is 16.6 Å². The van der Waals surface area contributed by atoms with E-state index in [-0.39, 0.29) is 30.2 Å². The van der Waals surface area contributed by atoms with Crippen LogP contribution in [0.3, 0.4) is 0 Å². The number of anilines is 2. The molecule has 48 heavy (non-hydrogen) atoms. The lowest BCUT2D eigenvalue weighted by Gasteiger charge is -2.15. The van der Waals surface area contributed by atoms with Gasteiger partial charge in [0.25, 0.3) is 11.8 Å². The molecule has 12 nitrogen and oxygen atoms in total. The van der Waals surface area contributed by atoms with Crippen LogP contribution in [0.4, 0.5) is 11.4 Å².